The monoisotopic (exact) mass is 388 g/mol. The minimum atomic E-state index is -0.409. The lowest BCUT2D eigenvalue weighted by atomic mass is 9.87. The number of amides is 2. The summed E-state index contributed by atoms with van der Waals surface area (Å²) in [5, 5.41) is 3.18. The normalized spacial score (nSPS) is 26.5. The van der Waals surface area contributed by atoms with Crippen molar-refractivity contribution in [3.63, 3.8) is 0 Å². The summed E-state index contributed by atoms with van der Waals surface area (Å²) >= 11 is 0. The van der Waals surface area contributed by atoms with Gasteiger partial charge in [0, 0.05) is 32.2 Å². The van der Waals surface area contributed by atoms with Crippen LogP contribution in [0.4, 0.5) is 0 Å². The summed E-state index contributed by atoms with van der Waals surface area (Å²) in [5.74, 6) is 1.17. The third kappa shape index (κ3) is 6.71. The van der Waals surface area contributed by atoms with Crippen molar-refractivity contribution < 1.29 is 9.59 Å². The Morgan fingerprint density at radius 2 is 1.69 bits per heavy atom. The van der Waals surface area contributed by atoms with Crippen LogP contribution in [-0.2, 0) is 9.59 Å². The lowest BCUT2D eigenvalue weighted by Gasteiger charge is -2.36. The molecule has 2 unspecified atom stereocenters. The molecule has 0 aromatic rings. The standard InChI is InChI=1S/C19H36N4O2.ClH/c1-4-15(3)18(20)19(25)23-11-9-22(10-12-23)13-17(24)21-16-7-5-14(2)6-8-16;/h14-16,18H,4-13,20H2,1-3H3,(H,21,24);1H. The molecule has 0 bridgehead atoms. The zero-order chi connectivity index (χ0) is 18.4. The highest BCUT2D eigenvalue weighted by Crippen LogP contribution is 2.23. The summed E-state index contributed by atoms with van der Waals surface area (Å²) in [7, 11) is 0. The molecule has 7 heteroatoms. The number of hydrogen-bond acceptors (Lipinski definition) is 4. The second-order valence-electron chi connectivity index (χ2n) is 8.04. The van der Waals surface area contributed by atoms with E-state index in [0.717, 1.165) is 38.3 Å². The van der Waals surface area contributed by atoms with Gasteiger partial charge in [0.05, 0.1) is 12.6 Å². The number of hydrogen-bond donors (Lipinski definition) is 2. The van der Waals surface area contributed by atoms with Crippen LogP contribution in [0.3, 0.4) is 0 Å². The van der Waals surface area contributed by atoms with E-state index in [1.807, 2.05) is 11.8 Å². The fourth-order valence-corrected chi connectivity index (χ4v) is 3.72. The average Bonchev–Trinajstić information content (AvgIpc) is 2.62. The van der Waals surface area contributed by atoms with Crippen molar-refractivity contribution in [2.24, 2.45) is 17.6 Å². The van der Waals surface area contributed by atoms with E-state index in [0.29, 0.717) is 25.7 Å². The molecule has 1 saturated carbocycles. The first-order chi connectivity index (χ1) is 11.9. The Morgan fingerprint density at radius 3 is 2.23 bits per heavy atom. The maximum Gasteiger partial charge on any atom is 0.239 e. The van der Waals surface area contributed by atoms with Crippen molar-refractivity contribution >= 4 is 24.2 Å². The molecule has 2 amide bonds. The van der Waals surface area contributed by atoms with Gasteiger partial charge in [-0.15, -0.1) is 12.4 Å². The highest BCUT2D eigenvalue weighted by molar-refractivity contribution is 5.85. The highest BCUT2D eigenvalue weighted by Gasteiger charge is 2.28. The zero-order valence-electron chi connectivity index (χ0n) is 16.6. The van der Waals surface area contributed by atoms with E-state index >= 15 is 0 Å². The van der Waals surface area contributed by atoms with Gasteiger partial charge in [-0.2, -0.15) is 0 Å². The van der Waals surface area contributed by atoms with Crippen LogP contribution in [0.25, 0.3) is 0 Å². The predicted octanol–water partition coefficient (Wildman–Crippen LogP) is 1.62. The number of nitrogens with one attached hydrogen (secondary N) is 1. The highest BCUT2D eigenvalue weighted by atomic mass is 35.5. The molecular weight excluding hydrogens is 352 g/mol. The molecule has 1 aliphatic carbocycles. The Bertz CT molecular complexity index is 447. The Balaban J connectivity index is 0.00000338. The Hall–Kier alpha value is -0.850. The lowest BCUT2D eigenvalue weighted by molar-refractivity contribution is -0.135. The van der Waals surface area contributed by atoms with Gasteiger partial charge in [0.15, 0.2) is 0 Å². The maximum atomic E-state index is 12.4. The first-order valence-corrected chi connectivity index (χ1v) is 9.96. The van der Waals surface area contributed by atoms with Crippen molar-refractivity contribution in [1.29, 1.82) is 0 Å². The van der Waals surface area contributed by atoms with Gasteiger partial charge in [0.1, 0.15) is 0 Å². The smallest absolute Gasteiger partial charge is 0.239 e. The number of rotatable bonds is 6. The van der Waals surface area contributed by atoms with Gasteiger partial charge in [0.25, 0.3) is 0 Å². The third-order valence-electron chi connectivity index (χ3n) is 5.97. The van der Waals surface area contributed by atoms with Crippen LogP contribution in [0.2, 0.25) is 0 Å². The minimum absolute atomic E-state index is 0. The number of carbonyl (C=O) groups is 2. The largest absolute Gasteiger partial charge is 0.352 e. The molecule has 1 saturated heterocycles. The van der Waals surface area contributed by atoms with Gasteiger partial charge >= 0.3 is 0 Å². The predicted molar refractivity (Wildman–Crippen MR) is 107 cm³/mol. The quantitative estimate of drug-likeness (QED) is 0.724. The first-order valence-electron chi connectivity index (χ1n) is 9.96. The molecule has 6 nitrogen and oxygen atoms in total. The van der Waals surface area contributed by atoms with Crippen molar-refractivity contribution in [3.8, 4) is 0 Å². The molecule has 1 aliphatic heterocycles. The maximum absolute atomic E-state index is 12.4. The number of piperazine rings is 1. The molecule has 26 heavy (non-hydrogen) atoms. The van der Waals surface area contributed by atoms with Crippen LogP contribution < -0.4 is 11.1 Å². The molecule has 0 radical (unpaired) electrons. The van der Waals surface area contributed by atoms with Gasteiger partial charge in [0.2, 0.25) is 11.8 Å². The zero-order valence-corrected chi connectivity index (χ0v) is 17.4. The Labute approximate surface area is 164 Å². The molecule has 0 aromatic heterocycles. The molecule has 2 aliphatic rings. The van der Waals surface area contributed by atoms with Crippen molar-refractivity contribution in [3.05, 3.63) is 0 Å². The molecule has 0 aromatic carbocycles. The van der Waals surface area contributed by atoms with E-state index in [-0.39, 0.29) is 30.1 Å². The van der Waals surface area contributed by atoms with Gasteiger partial charge in [-0.3, -0.25) is 14.5 Å². The first kappa shape index (κ1) is 23.2. The summed E-state index contributed by atoms with van der Waals surface area (Å²) in [6.07, 6.45) is 5.53. The van der Waals surface area contributed by atoms with E-state index in [1.54, 1.807) is 0 Å². The Kier molecular flexibility index (Phi) is 9.90. The minimum Gasteiger partial charge on any atom is -0.352 e. The molecule has 152 valence electrons. The van der Waals surface area contributed by atoms with E-state index in [2.05, 4.69) is 24.1 Å². The Morgan fingerprint density at radius 1 is 1.12 bits per heavy atom. The molecular formula is C19H37ClN4O2. The van der Waals surface area contributed by atoms with Crippen molar-refractivity contribution in [2.75, 3.05) is 32.7 Å². The topological polar surface area (TPSA) is 78.7 Å². The third-order valence-corrected chi connectivity index (χ3v) is 5.97. The van der Waals surface area contributed by atoms with Gasteiger partial charge < -0.3 is 16.0 Å². The van der Waals surface area contributed by atoms with E-state index in [4.69, 9.17) is 5.73 Å². The second-order valence-corrected chi connectivity index (χ2v) is 8.04. The average molecular weight is 389 g/mol. The van der Waals surface area contributed by atoms with Gasteiger partial charge in [-0.25, -0.2) is 0 Å². The number of nitrogens with two attached hydrogens (primary N) is 1. The molecule has 2 rings (SSSR count). The van der Waals surface area contributed by atoms with Crippen LogP contribution in [0, 0.1) is 11.8 Å². The van der Waals surface area contributed by atoms with Crippen LogP contribution in [0.1, 0.15) is 52.9 Å². The summed E-state index contributed by atoms with van der Waals surface area (Å²) in [6, 6.07) is -0.0614. The van der Waals surface area contributed by atoms with E-state index in [1.165, 1.54) is 12.8 Å². The fourth-order valence-electron chi connectivity index (χ4n) is 3.72. The molecule has 0 spiro atoms. The number of nitrogens with zero attached hydrogens (tertiary/aromatic N) is 2. The van der Waals surface area contributed by atoms with Crippen LogP contribution in [0.15, 0.2) is 0 Å². The van der Waals surface area contributed by atoms with Crippen LogP contribution in [-0.4, -0.2) is 66.4 Å². The summed E-state index contributed by atoms with van der Waals surface area (Å²) in [6.45, 7) is 9.62. The van der Waals surface area contributed by atoms with Crippen LogP contribution >= 0.6 is 12.4 Å². The fraction of sp³-hybridized carbons (Fsp3) is 0.895. The number of carbonyl (C=O) groups excluding carboxylic acids is 2. The SMILES string of the molecule is CCC(C)C(N)C(=O)N1CCN(CC(=O)NC2CCC(C)CC2)CC1.Cl. The van der Waals surface area contributed by atoms with E-state index in [9.17, 15) is 9.59 Å². The second kappa shape index (κ2) is 11.1. The summed E-state index contributed by atoms with van der Waals surface area (Å²) < 4.78 is 0. The van der Waals surface area contributed by atoms with Gasteiger partial charge in [-0.05, 0) is 37.5 Å². The van der Waals surface area contributed by atoms with Crippen molar-refractivity contribution in [2.45, 2.75) is 65.0 Å². The number of halogens is 1. The van der Waals surface area contributed by atoms with Gasteiger partial charge in [-0.1, -0.05) is 27.2 Å². The van der Waals surface area contributed by atoms with Crippen LogP contribution in [0.5, 0.6) is 0 Å². The van der Waals surface area contributed by atoms with E-state index < -0.39 is 6.04 Å². The molecule has 2 fully saturated rings. The summed E-state index contributed by atoms with van der Waals surface area (Å²) in [4.78, 5) is 28.7. The summed E-state index contributed by atoms with van der Waals surface area (Å²) in [5.41, 5.74) is 6.06. The van der Waals surface area contributed by atoms with Crippen molar-refractivity contribution in [1.82, 2.24) is 15.1 Å². The lowest BCUT2D eigenvalue weighted by Crippen LogP contribution is -2.56. The molecule has 3 N–H and O–H groups in total. The molecule has 1 heterocycles. The molecule has 2 atom stereocenters.